The van der Waals surface area contributed by atoms with E-state index in [1.807, 2.05) is 18.2 Å². The van der Waals surface area contributed by atoms with Crippen LogP contribution in [0.3, 0.4) is 0 Å². The Labute approximate surface area is 107 Å². The number of rotatable bonds is 5. The lowest BCUT2D eigenvalue weighted by atomic mass is 10.2. The molecule has 0 aliphatic carbocycles. The highest BCUT2D eigenvalue weighted by atomic mass is 16.5. The summed E-state index contributed by atoms with van der Waals surface area (Å²) in [6.07, 6.45) is 2.52. The largest absolute Gasteiger partial charge is 0.462 e. The van der Waals surface area contributed by atoms with Gasteiger partial charge in [0.25, 0.3) is 0 Å². The molecular formula is C14H19NO3. The van der Waals surface area contributed by atoms with Crippen LogP contribution in [0.1, 0.15) is 30.1 Å². The summed E-state index contributed by atoms with van der Waals surface area (Å²) in [6.45, 7) is 3.84. The topological polar surface area (TPSA) is 47.6 Å². The lowest BCUT2D eigenvalue weighted by Gasteiger charge is -2.12. The first-order valence-electron chi connectivity index (χ1n) is 6.42. The van der Waals surface area contributed by atoms with Crippen molar-refractivity contribution in [3.63, 3.8) is 0 Å². The molecule has 1 saturated heterocycles. The van der Waals surface area contributed by atoms with E-state index in [4.69, 9.17) is 9.47 Å². The fourth-order valence-corrected chi connectivity index (χ4v) is 2.01. The lowest BCUT2D eigenvalue weighted by molar-refractivity contribution is 0.0526. The van der Waals surface area contributed by atoms with Crippen LogP contribution in [0.15, 0.2) is 24.3 Å². The third-order valence-electron chi connectivity index (χ3n) is 2.93. The van der Waals surface area contributed by atoms with Crippen LogP contribution in [-0.4, -0.2) is 31.8 Å². The number of esters is 1. The van der Waals surface area contributed by atoms with E-state index in [0.717, 1.165) is 31.7 Å². The Morgan fingerprint density at radius 3 is 3.17 bits per heavy atom. The molecule has 1 aromatic rings. The molecule has 4 heteroatoms. The van der Waals surface area contributed by atoms with Crippen molar-refractivity contribution >= 4 is 11.7 Å². The SMILES string of the molecule is CCOC(=O)c1cccc(NCC2CCCO2)c1. The fourth-order valence-electron chi connectivity index (χ4n) is 2.01. The minimum Gasteiger partial charge on any atom is -0.462 e. The van der Waals surface area contributed by atoms with E-state index >= 15 is 0 Å². The van der Waals surface area contributed by atoms with Crippen LogP contribution in [0.25, 0.3) is 0 Å². The number of hydrogen-bond donors (Lipinski definition) is 1. The van der Waals surface area contributed by atoms with Gasteiger partial charge in [-0.25, -0.2) is 4.79 Å². The molecule has 1 unspecified atom stereocenters. The van der Waals surface area contributed by atoms with Gasteiger partial charge in [0.2, 0.25) is 0 Å². The van der Waals surface area contributed by atoms with Gasteiger partial charge in [-0.1, -0.05) is 6.07 Å². The van der Waals surface area contributed by atoms with E-state index in [1.54, 1.807) is 13.0 Å². The summed E-state index contributed by atoms with van der Waals surface area (Å²) in [4.78, 5) is 11.6. The Morgan fingerprint density at radius 2 is 2.44 bits per heavy atom. The monoisotopic (exact) mass is 249 g/mol. The van der Waals surface area contributed by atoms with Crippen molar-refractivity contribution in [3.05, 3.63) is 29.8 Å². The van der Waals surface area contributed by atoms with Crippen molar-refractivity contribution in [3.8, 4) is 0 Å². The minimum atomic E-state index is -0.279. The zero-order valence-corrected chi connectivity index (χ0v) is 10.6. The maximum atomic E-state index is 11.6. The fraction of sp³-hybridized carbons (Fsp3) is 0.500. The normalized spacial score (nSPS) is 18.6. The van der Waals surface area contributed by atoms with Gasteiger partial charge >= 0.3 is 5.97 Å². The molecule has 18 heavy (non-hydrogen) atoms. The molecule has 1 aromatic carbocycles. The average Bonchev–Trinajstić information content (AvgIpc) is 2.90. The maximum absolute atomic E-state index is 11.6. The second-order valence-corrected chi connectivity index (χ2v) is 4.32. The highest BCUT2D eigenvalue weighted by Gasteiger charge is 2.15. The molecule has 1 heterocycles. The summed E-state index contributed by atoms with van der Waals surface area (Å²) in [7, 11) is 0. The third kappa shape index (κ3) is 3.47. The quantitative estimate of drug-likeness (QED) is 0.814. The van der Waals surface area contributed by atoms with Gasteiger partial charge in [0, 0.05) is 18.8 Å². The van der Waals surface area contributed by atoms with E-state index in [2.05, 4.69) is 5.32 Å². The molecule has 2 rings (SSSR count). The Morgan fingerprint density at radius 1 is 1.56 bits per heavy atom. The first-order chi connectivity index (χ1) is 8.79. The standard InChI is InChI=1S/C14H19NO3/c1-2-17-14(16)11-5-3-6-12(9-11)15-10-13-7-4-8-18-13/h3,5-6,9,13,15H,2,4,7-8,10H2,1H3. The third-order valence-corrected chi connectivity index (χ3v) is 2.93. The van der Waals surface area contributed by atoms with Gasteiger partial charge < -0.3 is 14.8 Å². The highest BCUT2D eigenvalue weighted by Crippen LogP contribution is 2.15. The van der Waals surface area contributed by atoms with Gasteiger partial charge in [0.1, 0.15) is 0 Å². The van der Waals surface area contributed by atoms with Crippen molar-refractivity contribution in [1.82, 2.24) is 0 Å². The Kier molecular flexibility index (Phi) is 4.59. The molecule has 0 aromatic heterocycles. The van der Waals surface area contributed by atoms with Gasteiger partial charge in [0.05, 0.1) is 18.3 Å². The van der Waals surface area contributed by atoms with Gasteiger partial charge in [-0.15, -0.1) is 0 Å². The van der Waals surface area contributed by atoms with Crippen LogP contribution < -0.4 is 5.32 Å². The first kappa shape index (κ1) is 12.9. The van der Waals surface area contributed by atoms with Gasteiger partial charge in [0.15, 0.2) is 0 Å². The molecule has 0 radical (unpaired) electrons. The number of ether oxygens (including phenoxy) is 2. The molecule has 0 amide bonds. The van der Waals surface area contributed by atoms with E-state index < -0.39 is 0 Å². The molecule has 0 bridgehead atoms. The summed E-state index contributed by atoms with van der Waals surface area (Å²) in [5.41, 5.74) is 1.50. The minimum absolute atomic E-state index is 0.279. The molecule has 98 valence electrons. The van der Waals surface area contributed by atoms with Gasteiger partial charge in [-0.3, -0.25) is 0 Å². The number of carbonyl (C=O) groups is 1. The van der Waals surface area contributed by atoms with Crippen molar-refractivity contribution < 1.29 is 14.3 Å². The van der Waals surface area contributed by atoms with E-state index in [1.165, 1.54) is 0 Å². The zero-order valence-electron chi connectivity index (χ0n) is 10.6. The second-order valence-electron chi connectivity index (χ2n) is 4.32. The molecule has 4 nitrogen and oxygen atoms in total. The van der Waals surface area contributed by atoms with Crippen molar-refractivity contribution in [2.45, 2.75) is 25.9 Å². The molecule has 1 aliphatic heterocycles. The molecule has 1 atom stereocenters. The first-order valence-corrected chi connectivity index (χ1v) is 6.42. The highest BCUT2D eigenvalue weighted by molar-refractivity contribution is 5.90. The predicted octanol–water partition coefficient (Wildman–Crippen LogP) is 2.45. The van der Waals surface area contributed by atoms with Crippen molar-refractivity contribution in [1.29, 1.82) is 0 Å². The summed E-state index contributed by atoms with van der Waals surface area (Å²) < 4.78 is 10.5. The number of hydrogen-bond acceptors (Lipinski definition) is 4. The molecule has 1 N–H and O–H groups in total. The van der Waals surface area contributed by atoms with E-state index in [0.29, 0.717) is 12.2 Å². The van der Waals surface area contributed by atoms with Crippen LogP contribution in [0, 0.1) is 0 Å². The molecule has 1 fully saturated rings. The van der Waals surface area contributed by atoms with E-state index in [-0.39, 0.29) is 12.1 Å². The summed E-state index contributed by atoms with van der Waals surface area (Å²) in [6, 6.07) is 7.37. The molecule has 1 aliphatic rings. The van der Waals surface area contributed by atoms with Crippen LogP contribution in [0.4, 0.5) is 5.69 Å². The smallest absolute Gasteiger partial charge is 0.338 e. The van der Waals surface area contributed by atoms with Gasteiger partial charge in [-0.2, -0.15) is 0 Å². The van der Waals surface area contributed by atoms with Crippen LogP contribution in [0.2, 0.25) is 0 Å². The Bertz CT molecular complexity index is 400. The van der Waals surface area contributed by atoms with Crippen LogP contribution in [-0.2, 0) is 9.47 Å². The summed E-state index contributed by atoms with van der Waals surface area (Å²) in [5, 5.41) is 3.29. The lowest BCUT2D eigenvalue weighted by Crippen LogP contribution is -2.18. The Balaban J connectivity index is 1.91. The van der Waals surface area contributed by atoms with Crippen LogP contribution in [0.5, 0.6) is 0 Å². The van der Waals surface area contributed by atoms with Crippen LogP contribution >= 0.6 is 0 Å². The summed E-state index contributed by atoms with van der Waals surface area (Å²) in [5.74, 6) is -0.279. The number of benzene rings is 1. The Hall–Kier alpha value is -1.55. The number of nitrogens with one attached hydrogen (secondary N) is 1. The zero-order chi connectivity index (χ0) is 12.8. The number of anilines is 1. The average molecular weight is 249 g/mol. The molecular weight excluding hydrogens is 230 g/mol. The van der Waals surface area contributed by atoms with Crippen molar-refractivity contribution in [2.75, 3.05) is 25.1 Å². The van der Waals surface area contributed by atoms with E-state index in [9.17, 15) is 4.79 Å². The predicted molar refractivity (Wildman–Crippen MR) is 69.9 cm³/mol. The second kappa shape index (κ2) is 6.40. The van der Waals surface area contributed by atoms with Crippen molar-refractivity contribution in [2.24, 2.45) is 0 Å². The van der Waals surface area contributed by atoms with Gasteiger partial charge in [-0.05, 0) is 38.0 Å². The number of carbonyl (C=O) groups excluding carboxylic acids is 1. The molecule has 0 spiro atoms. The maximum Gasteiger partial charge on any atom is 0.338 e. The molecule has 0 saturated carbocycles. The summed E-state index contributed by atoms with van der Waals surface area (Å²) >= 11 is 0.